The van der Waals surface area contributed by atoms with Crippen molar-refractivity contribution in [3.8, 4) is 0 Å². The fraction of sp³-hybridized carbons (Fsp3) is 0.667. The number of hydrogen-bond acceptors (Lipinski definition) is 4. The first-order valence-electron chi connectivity index (χ1n) is 9.98. The van der Waals surface area contributed by atoms with Crippen molar-refractivity contribution in [3.05, 3.63) is 27.8 Å². The van der Waals surface area contributed by atoms with Crippen LogP contribution in [-0.4, -0.2) is 63.9 Å². The van der Waals surface area contributed by atoms with Crippen molar-refractivity contribution >= 4 is 15.9 Å². The Labute approximate surface area is 170 Å². The quantitative estimate of drug-likeness (QED) is 0.784. The van der Waals surface area contributed by atoms with E-state index < -0.39 is 10.0 Å². The molecule has 1 aromatic carbocycles. The molecule has 1 fully saturated rings. The van der Waals surface area contributed by atoms with Gasteiger partial charge < -0.3 is 9.80 Å². The van der Waals surface area contributed by atoms with E-state index in [0.29, 0.717) is 17.5 Å². The predicted molar refractivity (Wildman–Crippen MR) is 113 cm³/mol. The molecule has 0 bridgehead atoms. The van der Waals surface area contributed by atoms with Crippen LogP contribution in [-0.2, 0) is 14.8 Å². The second-order valence-electron chi connectivity index (χ2n) is 8.20. The molecule has 28 heavy (non-hydrogen) atoms. The number of rotatable bonds is 6. The highest BCUT2D eigenvalue weighted by molar-refractivity contribution is 7.89. The highest BCUT2D eigenvalue weighted by Gasteiger charge is 2.26. The van der Waals surface area contributed by atoms with Crippen molar-refractivity contribution in [1.29, 1.82) is 0 Å². The van der Waals surface area contributed by atoms with Crippen molar-refractivity contribution in [2.24, 2.45) is 0 Å². The maximum atomic E-state index is 12.9. The summed E-state index contributed by atoms with van der Waals surface area (Å²) in [5, 5.41) is 0. The van der Waals surface area contributed by atoms with E-state index in [2.05, 4.69) is 9.62 Å². The third kappa shape index (κ3) is 4.75. The van der Waals surface area contributed by atoms with Crippen molar-refractivity contribution < 1.29 is 13.2 Å². The fourth-order valence-corrected chi connectivity index (χ4v) is 5.62. The van der Waals surface area contributed by atoms with Crippen LogP contribution in [0.25, 0.3) is 0 Å². The van der Waals surface area contributed by atoms with Crippen LogP contribution in [0.5, 0.6) is 0 Å². The smallest absolute Gasteiger partial charge is 0.241 e. The lowest BCUT2D eigenvalue weighted by Crippen LogP contribution is -2.48. The summed E-state index contributed by atoms with van der Waals surface area (Å²) in [6.45, 7) is 11.2. The minimum Gasteiger partial charge on any atom is -0.341 e. The predicted octanol–water partition coefficient (Wildman–Crippen LogP) is 2.45. The number of carbonyl (C=O) groups is 1. The van der Waals surface area contributed by atoms with Crippen LogP contribution < -0.4 is 4.72 Å². The number of likely N-dealkylation sites (tertiary alicyclic amines) is 1. The molecule has 1 aliphatic rings. The van der Waals surface area contributed by atoms with E-state index in [1.807, 2.05) is 53.6 Å². The Kier molecular flexibility index (Phi) is 7.28. The molecule has 1 N–H and O–H groups in total. The Hall–Kier alpha value is -1.44. The summed E-state index contributed by atoms with van der Waals surface area (Å²) in [5.41, 5.74) is 4.70. The molecular weight excluding hydrogens is 374 g/mol. The summed E-state index contributed by atoms with van der Waals surface area (Å²) in [6, 6.07) is 0.373. The van der Waals surface area contributed by atoms with Gasteiger partial charge in [-0.3, -0.25) is 4.79 Å². The van der Waals surface area contributed by atoms with Gasteiger partial charge in [0.2, 0.25) is 15.9 Å². The molecular formula is C21H35N3O3S. The number of carbonyl (C=O) groups excluding carboxylic acids is 1. The zero-order chi connectivity index (χ0) is 21.2. The Morgan fingerprint density at radius 3 is 2.11 bits per heavy atom. The highest BCUT2D eigenvalue weighted by atomic mass is 32.2. The standard InChI is InChI=1S/C21H35N3O3S/c1-14-15(2)17(4)21(18(5)16(14)3)28(26,27)22-11-10-20(25)24-12-8-9-19(13-24)23(6)7/h19,22H,8-13H2,1-7H3. The first-order chi connectivity index (χ1) is 13.0. The highest BCUT2D eigenvalue weighted by Crippen LogP contribution is 2.29. The molecule has 1 aromatic rings. The lowest BCUT2D eigenvalue weighted by Gasteiger charge is -2.36. The molecule has 2 rings (SSSR count). The van der Waals surface area contributed by atoms with E-state index in [1.165, 1.54) is 0 Å². The molecule has 1 aliphatic heterocycles. The van der Waals surface area contributed by atoms with Gasteiger partial charge in [0.25, 0.3) is 0 Å². The van der Waals surface area contributed by atoms with Crippen molar-refractivity contribution in [3.63, 3.8) is 0 Å². The third-order valence-electron chi connectivity index (χ3n) is 6.31. The van der Waals surface area contributed by atoms with Crippen LogP contribution in [0, 0.1) is 34.6 Å². The van der Waals surface area contributed by atoms with Crippen LogP contribution >= 0.6 is 0 Å². The average molecular weight is 410 g/mol. The molecule has 0 spiro atoms. The van der Waals surface area contributed by atoms with Crippen LogP contribution in [0.1, 0.15) is 47.1 Å². The number of likely N-dealkylation sites (N-methyl/N-ethyl adjacent to an activating group) is 1. The zero-order valence-electron chi connectivity index (χ0n) is 18.3. The van der Waals surface area contributed by atoms with E-state index in [1.54, 1.807) is 0 Å². The maximum absolute atomic E-state index is 12.9. The van der Waals surface area contributed by atoms with Gasteiger partial charge in [-0.15, -0.1) is 0 Å². The maximum Gasteiger partial charge on any atom is 0.241 e. The number of nitrogens with zero attached hydrogens (tertiary/aromatic N) is 2. The number of nitrogens with one attached hydrogen (secondary N) is 1. The van der Waals surface area contributed by atoms with Crippen LogP contribution in [0.3, 0.4) is 0 Å². The van der Waals surface area contributed by atoms with E-state index in [-0.39, 0.29) is 18.9 Å². The van der Waals surface area contributed by atoms with E-state index in [0.717, 1.165) is 47.2 Å². The van der Waals surface area contributed by atoms with E-state index in [9.17, 15) is 13.2 Å². The van der Waals surface area contributed by atoms with Gasteiger partial charge in [0.1, 0.15) is 0 Å². The summed E-state index contributed by atoms with van der Waals surface area (Å²) in [5.74, 6) is 0.0129. The van der Waals surface area contributed by atoms with Gasteiger partial charge in [-0.2, -0.15) is 0 Å². The number of benzene rings is 1. The van der Waals surface area contributed by atoms with Crippen molar-refractivity contribution in [1.82, 2.24) is 14.5 Å². The Bertz CT molecular complexity index is 818. The molecule has 6 nitrogen and oxygen atoms in total. The number of amides is 1. The first-order valence-corrected chi connectivity index (χ1v) is 11.5. The molecule has 1 saturated heterocycles. The van der Waals surface area contributed by atoms with Crippen molar-refractivity contribution in [2.75, 3.05) is 33.7 Å². The molecule has 7 heteroatoms. The third-order valence-corrected chi connectivity index (χ3v) is 8.04. The average Bonchev–Trinajstić information content (AvgIpc) is 2.64. The fourth-order valence-electron chi connectivity index (χ4n) is 3.99. The normalized spacial score (nSPS) is 18.0. The van der Waals surface area contributed by atoms with Gasteiger partial charge in [0.15, 0.2) is 0 Å². The van der Waals surface area contributed by atoms with Crippen LogP contribution in [0.4, 0.5) is 0 Å². The lowest BCUT2D eigenvalue weighted by atomic mass is 9.95. The van der Waals surface area contributed by atoms with E-state index in [4.69, 9.17) is 0 Å². The summed E-state index contributed by atoms with van der Waals surface area (Å²) in [6.07, 6.45) is 2.26. The lowest BCUT2D eigenvalue weighted by molar-refractivity contribution is -0.132. The monoisotopic (exact) mass is 409 g/mol. The molecule has 0 radical (unpaired) electrons. The summed E-state index contributed by atoms with van der Waals surface area (Å²) in [7, 11) is 0.399. The van der Waals surface area contributed by atoms with Crippen LogP contribution in [0.15, 0.2) is 4.90 Å². The molecule has 1 unspecified atom stereocenters. The molecule has 1 heterocycles. The van der Waals surface area contributed by atoms with Gasteiger partial charge >= 0.3 is 0 Å². The zero-order valence-corrected chi connectivity index (χ0v) is 19.2. The Morgan fingerprint density at radius 2 is 1.57 bits per heavy atom. The largest absolute Gasteiger partial charge is 0.341 e. The minimum absolute atomic E-state index is 0.0129. The van der Waals surface area contributed by atoms with Gasteiger partial charge in [-0.25, -0.2) is 13.1 Å². The van der Waals surface area contributed by atoms with E-state index >= 15 is 0 Å². The molecule has 0 saturated carbocycles. The SMILES string of the molecule is Cc1c(C)c(C)c(S(=O)(=O)NCCC(=O)N2CCCC(N(C)C)C2)c(C)c1C. The molecule has 1 amide bonds. The van der Waals surface area contributed by atoms with Gasteiger partial charge in [0, 0.05) is 32.1 Å². The number of hydrogen-bond donors (Lipinski definition) is 1. The summed E-state index contributed by atoms with van der Waals surface area (Å²) < 4.78 is 28.5. The first kappa shape index (κ1) is 22.8. The second-order valence-corrected chi connectivity index (χ2v) is 9.91. The Balaban J connectivity index is 2.06. The topological polar surface area (TPSA) is 69.7 Å². The van der Waals surface area contributed by atoms with Gasteiger partial charge in [-0.05, 0) is 89.4 Å². The number of sulfonamides is 1. The molecule has 1 atom stereocenters. The number of piperidine rings is 1. The molecule has 158 valence electrons. The molecule has 0 aliphatic carbocycles. The minimum atomic E-state index is -3.66. The molecule has 0 aromatic heterocycles. The van der Waals surface area contributed by atoms with Gasteiger partial charge in [-0.1, -0.05) is 0 Å². The van der Waals surface area contributed by atoms with Crippen molar-refractivity contribution in [2.45, 2.75) is 64.8 Å². The second kappa shape index (κ2) is 8.93. The summed E-state index contributed by atoms with van der Waals surface area (Å²) >= 11 is 0. The van der Waals surface area contributed by atoms with Gasteiger partial charge in [0.05, 0.1) is 4.90 Å². The Morgan fingerprint density at radius 1 is 1.04 bits per heavy atom. The summed E-state index contributed by atoms with van der Waals surface area (Å²) in [4.78, 5) is 16.9. The van der Waals surface area contributed by atoms with Crippen LogP contribution in [0.2, 0.25) is 0 Å².